The Morgan fingerprint density at radius 1 is 0.684 bits per heavy atom. The maximum absolute atomic E-state index is 6.09. The van der Waals surface area contributed by atoms with Crippen LogP contribution < -0.4 is 0 Å². The summed E-state index contributed by atoms with van der Waals surface area (Å²) in [4.78, 5) is 0. The second kappa shape index (κ2) is 4.06. The second-order valence-corrected chi connectivity index (χ2v) is 4.84. The van der Waals surface area contributed by atoms with Crippen LogP contribution >= 0.6 is 0 Å². The van der Waals surface area contributed by atoms with E-state index in [1.165, 1.54) is 16.7 Å². The van der Waals surface area contributed by atoms with Crippen molar-refractivity contribution in [3.63, 3.8) is 0 Å². The summed E-state index contributed by atoms with van der Waals surface area (Å²) >= 11 is 0. The lowest BCUT2D eigenvalue weighted by Gasteiger charge is -1.95. The van der Waals surface area contributed by atoms with Crippen LogP contribution in [0.1, 0.15) is 11.3 Å². The van der Waals surface area contributed by atoms with Gasteiger partial charge in [0.05, 0.1) is 17.5 Å². The topological polar surface area (TPSA) is 11.3 Å². The molecule has 0 spiro atoms. The van der Waals surface area contributed by atoms with Gasteiger partial charge in [0, 0.05) is 6.07 Å². The van der Waals surface area contributed by atoms with Crippen molar-refractivity contribution < 1.29 is 4.42 Å². The highest BCUT2D eigenvalue weighted by Crippen LogP contribution is 2.38. The van der Waals surface area contributed by atoms with E-state index in [1.54, 1.807) is 0 Å². The van der Waals surface area contributed by atoms with Gasteiger partial charge in [0.25, 0.3) is 0 Å². The number of rotatable bonds is 1. The van der Waals surface area contributed by atoms with Gasteiger partial charge in [0.15, 0.2) is 0 Å². The van der Waals surface area contributed by atoms with Gasteiger partial charge in [-0.3, -0.25) is 0 Å². The molecule has 1 aromatic heterocycles. The Hall–Kier alpha value is -2.41. The molecule has 0 amide bonds. The fraction of sp³-hybridized carbons (Fsp3) is 0.0556. The molecule has 0 unspecified atom stereocenters. The fourth-order valence-corrected chi connectivity index (χ4v) is 2.71. The van der Waals surface area contributed by atoms with Crippen molar-refractivity contribution >= 4 is 0 Å². The van der Waals surface area contributed by atoms with Crippen molar-refractivity contribution in [1.29, 1.82) is 0 Å². The predicted molar refractivity (Wildman–Crippen MR) is 76.8 cm³/mol. The van der Waals surface area contributed by atoms with Crippen molar-refractivity contribution in [2.75, 3.05) is 0 Å². The average Bonchev–Trinajstić information content (AvgIpc) is 2.86. The van der Waals surface area contributed by atoms with E-state index in [0.717, 1.165) is 23.5 Å². The molecular formula is C18H13O+. The summed E-state index contributed by atoms with van der Waals surface area (Å²) in [5.74, 6) is 2.01. The van der Waals surface area contributed by atoms with Crippen LogP contribution in [-0.4, -0.2) is 0 Å². The van der Waals surface area contributed by atoms with Gasteiger partial charge < -0.3 is 0 Å². The Labute approximate surface area is 112 Å². The minimum atomic E-state index is 0.895. The molecule has 90 valence electrons. The van der Waals surface area contributed by atoms with Crippen LogP contribution in [0.3, 0.4) is 0 Å². The van der Waals surface area contributed by atoms with Gasteiger partial charge >= 0.3 is 11.5 Å². The average molecular weight is 245 g/mol. The Morgan fingerprint density at radius 2 is 1.47 bits per heavy atom. The summed E-state index contributed by atoms with van der Waals surface area (Å²) in [6, 6.07) is 23.0. The summed E-state index contributed by atoms with van der Waals surface area (Å²) < 4.78 is 6.09. The van der Waals surface area contributed by atoms with Crippen LogP contribution in [0.2, 0.25) is 0 Å². The lowest BCUT2D eigenvalue weighted by atomic mass is 10.1. The molecule has 19 heavy (non-hydrogen) atoms. The SMILES string of the molecule is c1ccc(-c2ccc3c([o+]2)Cc2ccccc2-3)cc1. The highest BCUT2D eigenvalue weighted by Gasteiger charge is 2.29. The van der Waals surface area contributed by atoms with Crippen molar-refractivity contribution in [2.24, 2.45) is 0 Å². The quantitative estimate of drug-likeness (QED) is 0.438. The first kappa shape index (κ1) is 10.5. The predicted octanol–water partition coefficient (Wildman–Crippen LogP) is 4.80. The molecule has 1 aliphatic carbocycles. The van der Waals surface area contributed by atoms with Crippen LogP contribution in [0.25, 0.3) is 22.5 Å². The van der Waals surface area contributed by atoms with Gasteiger partial charge in [-0.25, -0.2) is 4.42 Å². The maximum Gasteiger partial charge on any atom is 0.360 e. The Morgan fingerprint density at radius 3 is 2.37 bits per heavy atom. The summed E-state index contributed by atoms with van der Waals surface area (Å²) in [7, 11) is 0. The molecule has 0 aliphatic heterocycles. The third-order valence-corrected chi connectivity index (χ3v) is 3.65. The van der Waals surface area contributed by atoms with E-state index in [4.69, 9.17) is 4.42 Å². The first-order chi connectivity index (χ1) is 9.42. The van der Waals surface area contributed by atoms with E-state index >= 15 is 0 Å². The summed E-state index contributed by atoms with van der Waals surface area (Å²) in [6.07, 6.45) is 0.895. The van der Waals surface area contributed by atoms with E-state index < -0.39 is 0 Å². The highest BCUT2D eigenvalue weighted by molar-refractivity contribution is 5.75. The molecule has 0 saturated carbocycles. The lowest BCUT2D eigenvalue weighted by Crippen LogP contribution is -1.83. The molecule has 0 radical (unpaired) electrons. The molecule has 3 aromatic rings. The van der Waals surface area contributed by atoms with E-state index in [9.17, 15) is 0 Å². The Balaban J connectivity index is 1.84. The van der Waals surface area contributed by atoms with E-state index in [0.29, 0.717) is 0 Å². The third-order valence-electron chi connectivity index (χ3n) is 3.65. The monoisotopic (exact) mass is 245 g/mol. The first-order valence-electron chi connectivity index (χ1n) is 6.51. The summed E-state index contributed by atoms with van der Waals surface area (Å²) in [5, 5.41) is 0. The van der Waals surface area contributed by atoms with Crippen molar-refractivity contribution in [1.82, 2.24) is 0 Å². The normalized spacial score (nSPS) is 12.0. The molecule has 0 bridgehead atoms. The standard InChI is InChI=1S/C18H13O/c1-2-6-13(7-3-1)17-11-10-16-15-9-5-4-8-14(15)12-18(16)19-17/h1-11H,12H2/q+1. The number of fused-ring (bicyclic) bond motifs is 3. The largest absolute Gasteiger partial charge is 0.360 e. The number of benzene rings is 2. The second-order valence-electron chi connectivity index (χ2n) is 4.84. The Kier molecular flexibility index (Phi) is 2.25. The summed E-state index contributed by atoms with van der Waals surface area (Å²) in [5.41, 5.74) is 5.02. The van der Waals surface area contributed by atoms with Crippen molar-refractivity contribution in [3.05, 3.63) is 78.1 Å². The molecule has 1 nitrogen and oxygen atoms in total. The number of hydrogen-bond acceptors (Lipinski definition) is 0. The molecule has 1 heterocycles. The van der Waals surface area contributed by atoms with E-state index in [-0.39, 0.29) is 0 Å². The van der Waals surface area contributed by atoms with Crippen molar-refractivity contribution in [2.45, 2.75) is 6.42 Å². The zero-order valence-electron chi connectivity index (χ0n) is 10.5. The first-order valence-corrected chi connectivity index (χ1v) is 6.51. The van der Waals surface area contributed by atoms with E-state index in [2.05, 4.69) is 48.5 Å². The third kappa shape index (κ3) is 1.66. The van der Waals surface area contributed by atoms with Crippen LogP contribution in [0, 0.1) is 0 Å². The highest BCUT2D eigenvalue weighted by atomic mass is 16.3. The smallest absolute Gasteiger partial charge is 0.211 e. The van der Waals surface area contributed by atoms with Gasteiger partial charge in [-0.15, -0.1) is 0 Å². The van der Waals surface area contributed by atoms with Crippen LogP contribution in [0.15, 0.2) is 71.1 Å². The van der Waals surface area contributed by atoms with Gasteiger partial charge in [0.1, 0.15) is 0 Å². The molecule has 1 aliphatic rings. The molecule has 0 N–H and O–H groups in total. The van der Waals surface area contributed by atoms with Gasteiger partial charge in [0.2, 0.25) is 0 Å². The molecule has 0 atom stereocenters. The van der Waals surface area contributed by atoms with Gasteiger partial charge in [-0.05, 0) is 29.3 Å². The molecule has 0 saturated heterocycles. The van der Waals surface area contributed by atoms with Gasteiger partial charge in [-0.2, -0.15) is 0 Å². The minimum absolute atomic E-state index is 0.895. The zero-order chi connectivity index (χ0) is 12.7. The molecule has 0 fully saturated rings. The van der Waals surface area contributed by atoms with Crippen molar-refractivity contribution in [3.8, 4) is 22.5 Å². The minimum Gasteiger partial charge on any atom is -0.211 e. The fourth-order valence-electron chi connectivity index (χ4n) is 2.71. The van der Waals surface area contributed by atoms with Crippen LogP contribution in [-0.2, 0) is 6.42 Å². The summed E-state index contributed by atoms with van der Waals surface area (Å²) in [6.45, 7) is 0. The van der Waals surface area contributed by atoms with E-state index in [1.807, 2.05) is 18.2 Å². The van der Waals surface area contributed by atoms with Crippen LogP contribution in [0.4, 0.5) is 0 Å². The maximum atomic E-state index is 6.09. The molecular weight excluding hydrogens is 232 g/mol. The molecule has 4 rings (SSSR count). The number of hydrogen-bond donors (Lipinski definition) is 0. The van der Waals surface area contributed by atoms with Gasteiger partial charge in [-0.1, -0.05) is 42.5 Å². The zero-order valence-corrected chi connectivity index (χ0v) is 10.5. The lowest BCUT2D eigenvalue weighted by molar-refractivity contribution is 0.525. The molecule has 2 aromatic carbocycles. The molecule has 1 heteroatoms. The van der Waals surface area contributed by atoms with Crippen LogP contribution in [0.5, 0.6) is 0 Å². The Bertz CT molecular complexity index is 745.